The molecule has 2 N–H and O–H groups in total. The Morgan fingerprint density at radius 2 is 2.14 bits per heavy atom. The standard InChI is InChI=1S/C16H20ClNO4/c1-11-9-12(4-5-13(11)17)22-8-2-3-14(19)18-10-16(6-7-16)15(20)21/h4-5,9H,2-3,6-8,10H2,1H3,(H,18,19)(H,20,21). The fourth-order valence-electron chi connectivity index (χ4n) is 2.10. The first kappa shape index (κ1) is 16.6. The molecule has 1 amide bonds. The molecule has 0 heterocycles. The van der Waals surface area contributed by atoms with E-state index < -0.39 is 11.4 Å². The van der Waals surface area contributed by atoms with Crippen LogP contribution in [0.2, 0.25) is 5.02 Å². The smallest absolute Gasteiger partial charge is 0.311 e. The summed E-state index contributed by atoms with van der Waals surface area (Å²) >= 11 is 5.93. The molecule has 1 aromatic rings. The van der Waals surface area contributed by atoms with Crippen LogP contribution in [0.25, 0.3) is 0 Å². The minimum atomic E-state index is -0.825. The average molecular weight is 326 g/mol. The van der Waals surface area contributed by atoms with E-state index in [-0.39, 0.29) is 12.5 Å². The molecule has 2 rings (SSSR count). The maximum atomic E-state index is 11.7. The molecule has 1 fully saturated rings. The van der Waals surface area contributed by atoms with Crippen LogP contribution in [0.4, 0.5) is 0 Å². The van der Waals surface area contributed by atoms with Gasteiger partial charge in [-0.25, -0.2) is 0 Å². The SMILES string of the molecule is Cc1cc(OCCCC(=O)NCC2(C(=O)O)CC2)ccc1Cl. The maximum absolute atomic E-state index is 11.7. The maximum Gasteiger partial charge on any atom is 0.311 e. The van der Waals surface area contributed by atoms with E-state index >= 15 is 0 Å². The molecular weight excluding hydrogens is 306 g/mol. The molecule has 1 aromatic carbocycles. The van der Waals surface area contributed by atoms with Gasteiger partial charge >= 0.3 is 5.97 Å². The number of carboxylic acid groups (broad SMARTS) is 1. The highest BCUT2D eigenvalue weighted by molar-refractivity contribution is 6.31. The van der Waals surface area contributed by atoms with Crippen LogP contribution in [0, 0.1) is 12.3 Å². The Morgan fingerprint density at radius 3 is 2.73 bits per heavy atom. The number of ether oxygens (including phenoxy) is 1. The van der Waals surface area contributed by atoms with Crippen LogP contribution in [-0.4, -0.2) is 30.1 Å². The minimum absolute atomic E-state index is 0.136. The summed E-state index contributed by atoms with van der Waals surface area (Å²) in [5, 5.41) is 12.4. The van der Waals surface area contributed by atoms with E-state index in [1.54, 1.807) is 12.1 Å². The van der Waals surface area contributed by atoms with Gasteiger partial charge in [0.25, 0.3) is 0 Å². The van der Waals surface area contributed by atoms with Gasteiger partial charge in [0.15, 0.2) is 0 Å². The minimum Gasteiger partial charge on any atom is -0.494 e. The Labute approximate surface area is 134 Å². The van der Waals surface area contributed by atoms with Gasteiger partial charge in [0, 0.05) is 18.0 Å². The lowest BCUT2D eigenvalue weighted by molar-refractivity contribution is -0.143. The van der Waals surface area contributed by atoms with Gasteiger partial charge in [0.05, 0.1) is 12.0 Å². The van der Waals surface area contributed by atoms with Crippen molar-refractivity contribution < 1.29 is 19.4 Å². The predicted octanol–water partition coefficient (Wildman–Crippen LogP) is 2.79. The van der Waals surface area contributed by atoms with Crippen molar-refractivity contribution in [3.05, 3.63) is 28.8 Å². The molecule has 0 spiro atoms. The molecule has 120 valence electrons. The van der Waals surface area contributed by atoms with Crippen LogP contribution in [0.1, 0.15) is 31.2 Å². The summed E-state index contributed by atoms with van der Waals surface area (Å²) in [7, 11) is 0. The number of benzene rings is 1. The lowest BCUT2D eigenvalue weighted by atomic mass is 10.1. The summed E-state index contributed by atoms with van der Waals surface area (Å²) in [5.41, 5.74) is 0.229. The summed E-state index contributed by atoms with van der Waals surface area (Å²) in [6.07, 6.45) is 2.18. The van der Waals surface area contributed by atoms with E-state index in [2.05, 4.69) is 5.32 Å². The number of amides is 1. The second-order valence-corrected chi connectivity index (χ2v) is 6.13. The molecular formula is C16H20ClNO4. The number of hydrogen-bond donors (Lipinski definition) is 2. The van der Waals surface area contributed by atoms with Crippen LogP contribution in [-0.2, 0) is 9.59 Å². The molecule has 5 nitrogen and oxygen atoms in total. The van der Waals surface area contributed by atoms with E-state index in [0.717, 1.165) is 11.3 Å². The van der Waals surface area contributed by atoms with Crippen LogP contribution in [0.3, 0.4) is 0 Å². The number of aryl methyl sites for hydroxylation is 1. The van der Waals surface area contributed by atoms with Crippen molar-refractivity contribution in [2.24, 2.45) is 5.41 Å². The summed E-state index contributed by atoms with van der Waals surface area (Å²) in [5.74, 6) is -0.234. The number of carboxylic acids is 1. The first-order chi connectivity index (χ1) is 10.4. The van der Waals surface area contributed by atoms with E-state index in [0.29, 0.717) is 37.3 Å². The van der Waals surface area contributed by atoms with Crippen molar-refractivity contribution in [1.29, 1.82) is 0 Å². The van der Waals surface area contributed by atoms with Crippen molar-refractivity contribution in [2.45, 2.75) is 32.6 Å². The molecule has 0 atom stereocenters. The molecule has 22 heavy (non-hydrogen) atoms. The molecule has 6 heteroatoms. The van der Waals surface area contributed by atoms with E-state index in [1.165, 1.54) is 0 Å². The quantitative estimate of drug-likeness (QED) is 0.721. The number of aliphatic carboxylic acids is 1. The zero-order valence-corrected chi connectivity index (χ0v) is 13.3. The number of hydrogen-bond acceptors (Lipinski definition) is 3. The average Bonchev–Trinajstić information content (AvgIpc) is 3.26. The van der Waals surface area contributed by atoms with Gasteiger partial charge in [-0.15, -0.1) is 0 Å². The highest BCUT2D eigenvalue weighted by atomic mass is 35.5. The van der Waals surface area contributed by atoms with Gasteiger partial charge in [0.2, 0.25) is 5.91 Å². The summed E-state index contributed by atoms with van der Waals surface area (Å²) in [6, 6.07) is 5.42. The second-order valence-electron chi connectivity index (χ2n) is 5.73. The zero-order valence-electron chi connectivity index (χ0n) is 12.5. The number of nitrogens with one attached hydrogen (secondary N) is 1. The van der Waals surface area contributed by atoms with Crippen molar-refractivity contribution >= 4 is 23.5 Å². The summed E-state index contributed by atoms with van der Waals surface area (Å²) in [4.78, 5) is 22.7. The van der Waals surface area contributed by atoms with Crippen LogP contribution >= 0.6 is 11.6 Å². The van der Waals surface area contributed by atoms with Gasteiger partial charge < -0.3 is 15.2 Å². The third-order valence-electron chi connectivity index (χ3n) is 3.88. The monoisotopic (exact) mass is 325 g/mol. The van der Waals surface area contributed by atoms with E-state index in [4.69, 9.17) is 21.4 Å². The van der Waals surface area contributed by atoms with Gasteiger partial charge in [0.1, 0.15) is 5.75 Å². The van der Waals surface area contributed by atoms with Crippen molar-refractivity contribution in [3.63, 3.8) is 0 Å². The summed E-state index contributed by atoms with van der Waals surface area (Å²) in [6.45, 7) is 2.55. The predicted molar refractivity (Wildman–Crippen MR) is 83.2 cm³/mol. The molecule has 1 saturated carbocycles. The van der Waals surface area contributed by atoms with Crippen molar-refractivity contribution in [2.75, 3.05) is 13.2 Å². The highest BCUT2D eigenvalue weighted by Gasteiger charge is 2.50. The van der Waals surface area contributed by atoms with Crippen LogP contribution in [0.15, 0.2) is 18.2 Å². The Hall–Kier alpha value is -1.75. The van der Waals surface area contributed by atoms with Crippen molar-refractivity contribution in [1.82, 2.24) is 5.32 Å². The lowest BCUT2D eigenvalue weighted by Crippen LogP contribution is -2.34. The third kappa shape index (κ3) is 4.37. The Kier molecular flexibility index (Phi) is 5.29. The van der Waals surface area contributed by atoms with E-state index in [1.807, 2.05) is 13.0 Å². The van der Waals surface area contributed by atoms with Gasteiger partial charge in [-0.1, -0.05) is 11.6 Å². The van der Waals surface area contributed by atoms with Gasteiger partial charge in [-0.2, -0.15) is 0 Å². The first-order valence-electron chi connectivity index (χ1n) is 7.32. The highest BCUT2D eigenvalue weighted by Crippen LogP contribution is 2.45. The molecule has 0 aromatic heterocycles. The Bertz CT molecular complexity index is 569. The number of carbonyl (C=O) groups excluding carboxylic acids is 1. The number of halogens is 1. The fraction of sp³-hybridized carbons (Fsp3) is 0.500. The lowest BCUT2D eigenvalue weighted by Gasteiger charge is -2.11. The van der Waals surface area contributed by atoms with Crippen LogP contribution in [0.5, 0.6) is 5.75 Å². The number of carbonyl (C=O) groups is 2. The normalized spacial score (nSPS) is 15.2. The molecule has 0 radical (unpaired) electrons. The van der Waals surface area contributed by atoms with Gasteiger partial charge in [-0.05, 0) is 49.9 Å². The van der Waals surface area contributed by atoms with E-state index in [9.17, 15) is 9.59 Å². The molecule has 0 saturated heterocycles. The Balaban J connectivity index is 1.63. The number of rotatable bonds is 8. The third-order valence-corrected chi connectivity index (χ3v) is 4.30. The summed E-state index contributed by atoms with van der Waals surface area (Å²) < 4.78 is 5.56. The van der Waals surface area contributed by atoms with Gasteiger partial charge in [-0.3, -0.25) is 9.59 Å². The molecule has 1 aliphatic rings. The zero-order chi connectivity index (χ0) is 16.2. The molecule has 0 aliphatic heterocycles. The Morgan fingerprint density at radius 1 is 1.41 bits per heavy atom. The molecule has 0 bridgehead atoms. The molecule has 1 aliphatic carbocycles. The van der Waals surface area contributed by atoms with Crippen LogP contribution < -0.4 is 10.1 Å². The fourth-order valence-corrected chi connectivity index (χ4v) is 2.22. The molecule has 0 unspecified atom stereocenters. The van der Waals surface area contributed by atoms with Crippen molar-refractivity contribution in [3.8, 4) is 5.75 Å². The largest absolute Gasteiger partial charge is 0.494 e. The topological polar surface area (TPSA) is 75.6 Å². The second kappa shape index (κ2) is 7.01. The first-order valence-corrected chi connectivity index (χ1v) is 7.70.